The molecule has 2 rings (SSSR count). The lowest BCUT2D eigenvalue weighted by atomic mass is 10.1. The Balaban J connectivity index is 2.36. The minimum atomic E-state index is -1.06. The molecule has 0 saturated carbocycles. The quantitative estimate of drug-likeness (QED) is 0.367. The van der Waals surface area contributed by atoms with Gasteiger partial charge in [-0.3, -0.25) is 0 Å². The lowest BCUT2D eigenvalue weighted by Crippen LogP contribution is -2.07. The number of halogens is 5. The van der Waals surface area contributed by atoms with E-state index < -0.39 is 35.6 Å². The summed E-state index contributed by atoms with van der Waals surface area (Å²) in [5.74, 6) is -4.34. The van der Waals surface area contributed by atoms with Crippen LogP contribution in [-0.2, 0) is 6.61 Å². The molecule has 0 heterocycles. The summed E-state index contributed by atoms with van der Waals surface area (Å²) in [6.45, 7) is 4.19. The van der Waals surface area contributed by atoms with Crippen LogP contribution in [0.25, 0.3) is 0 Å². The van der Waals surface area contributed by atoms with Crippen LogP contribution >= 0.6 is 22.6 Å². The number of rotatable bonds is 3. The molecule has 0 aliphatic heterocycles. The fourth-order valence-corrected chi connectivity index (χ4v) is 2.72. The summed E-state index contributed by atoms with van der Waals surface area (Å²) < 4.78 is 60.6. The van der Waals surface area contributed by atoms with Gasteiger partial charge in [0.05, 0.1) is 3.57 Å². The third kappa shape index (κ3) is 3.06. The number of aryl methyl sites for hydroxylation is 2. The maximum absolute atomic E-state index is 14.0. The molecule has 0 aliphatic carbocycles. The maximum Gasteiger partial charge on any atom is 0.191 e. The highest BCUT2D eigenvalue weighted by Gasteiger charge is 2.19. The van der Waals surface area contributed by atoms with Crippen LogP contribution < -0.4 is 4.74 Å². The average Bonchev–Trinajstić information content (AvgIpc) is 2.45. The molecule has 2 aromatic carbocycles. The number of ether oxygens (including phenoxy) is 1. The van der Waals surface area contributed by atoms with Crippen molar-refractivity contribution in [2.24, 2.45) is 0 Å². The van der Waals surface area contributed by atoms with Gasteiger partial charge in [0, 0.05) is 5.56 Å². The first-order valence-electron chi connectivity index (χ1n) is 6.45. The second-order valence-electron chi connectivity index (χ2n) is 5.01. The molecule has 0 amide bonds. The summed E-state index contributed by atoms with van der Waals surface area (Å²) in [6.07, 6.45) is 0. The molecule has 0 aromatic heterocycles. The van der Waals surface area contributed by atoms with Crippen molar-refractivity contribution in [3.05, 3.63) is 61.2 Å². The number of hydrogen-bond donors (Lipinski definition) is 0. The fraction of sp³-hybridized carbons (Fsp3) is 0.250. The lowest BCUT2D eigenvalue weighted by Gasteiger charge is -2.14. The van der Waals surface area contributed by atoms with Crippen molar-refractivity contribution >= 4 is 22.6 Å². The third-order valence-electron chi connectivity index (χ3n) is 3.53. The van der Waals surface area contributed by atoms with Gasteiger partial charge >= 0.3 is 0 Å². The Morgan fingerprint density at radius 1 is 0.909 bits per heavy atom. The van der Waals surface area contributed by atoms with Crippen molar-refractivity contribution in [3.63, 3.8) is 0 Å². The second kappa shape index (κ2) is 6.44. The molecular weight excluding hydrogens is 411 g/mol. The molecule has 6 heteroatoms. The van der Waals surface area contributed by atoms with Gasteiger partial charge in [-0.05, 0) is 72.2 Å². The molecule has 0 spiro atoms. The van der Waals surface area contributed by atoms with E-state index in [2.05, 4.69) is 0 Å². The van der Waals surface area contributed by atoms with Gasteiger partial charge in [0.1, 0.15) is 6.61 Å². The Morgan fingerprint density at radius 2 is 1.55 bits per heavy atom. The number of benzene rings is 2. The van der Waals surface area contributed by atoms with Crippen LogP contribution in [0.4, 0.5) is 17.6 Å². The fourth-order valence-electron chi connectivity index (χ4n) is 2.02. The first kappa shape index (κ1) is 17.1. The van der Waals surface area contributed by atoms with Crippen LogP contribution in [0, 0.1) is 47.6 Å². The monoisotopic (exact) mass is 424 g/mol. The Morgan fingerprint density at radius 3 is 2.18 bits per heavy atom. The highest BCUT2D eigenvalue weighted by atomic mass is 127. The lowest BCUT2D eigenvalue weighted by molar-refractivity contribution is 0.266. The summed E-state index contributed by atoms with van der Waals surface area (Å²) in [6, 6.07) is 2.59. The first-order chi connectivity index (χ1) is 10.2. The van der Waals surface area contributed by atoms with Crippen molar-refractivity contribution in [2.45, 2.75) is 27.4 Å². The van der Waals surface area contributed by atoms with Crippen LogP contribution in [-0.4, -0.2) is 0 Å². The zero-order valence-corrected chi connectivity index (χ0v) is 14.3. The van der Waals surface area contributed by atoms with Crippen molar-refractivity contribution in [1.82, 2.24) is 0 Å². The van der Waals surface area contributed by atoms with Crippen molar-refractivity contribution in [1.29, 1.82) is 0 Å². The molecule has 2 aromatic rings. The van der Waals surface area contributed by atoms with Gasteiger partial charge < -0.3 is 4.74 Å². The van der Waals surface area contributed by atoms with Crippen LogP contribution in [0.15, 0.2) is 12.1 Å². The van der Waals surface area contributed by atoms with Crippen LogP contribution in [0.1, 0.15) is 22.3 Å². The van der Waals surface area contributed by atoms with E-state index in [0.29, 0.717) is 11.1 Å². The zero-order chi connectivity index (χ0) is 16.6. The normalized spacial score (nSPS) is 10.9. The average molecular weight is 424 g/mol. The maximum atomic E-state index is 14.0. The van der Waals surface area contributed by atoms with E-state index >= 15 is 0 Å². The Labute approximate surface area is 139 Å². The second-order valence-corrected chi connectivity index (χ2v) is 6.18. The predicted octanol–water partition coefficient (Wildman–Crippen LogP) is 5.35. The van der Waals surface area contributed by atoms with Crippen LogP contribution in [0.5, 0.6) is 5.75 Å². The Bertz CT molecular complexity index is 680. The van der Waals surface area contributed by atoms with E-state index in [1.807, 2.05) is 0 Å². The van der Waals surface area contributed by atoms with Gasteiger partial charge in [0.25, 0.3) is 0 Å². The van der Waals surface area contributed by atoms with Crippen molar-refractivity contribution < 1.29 is 22.3 Å². The zero-order valence-electron chi connectivity index (χ0n) is 12.2. The minimum absolute atomic E-state index is 0.0602. The summed E-state index contributed by atoms with van der Waals surface area (Å²) in [7, 11) is 0. The van der Waals surface area contributed by atoms with E-state index in [1.165, 1.54) is 13.0 Å². The highest BCUT2D eigenvalue weighted by molar-refractivity contribution is 14.1. The summed E-state index contributed by atoms with van der Waals surface area (Å²) in [5.41, 5.74) is 1.09. The highest BCUT2D eigenvalue weighted by Crippen LogP contribution is 2.29. The van der Waals surface area contributed by atoms with Crippen molar-refractivity contribution in [3.8, 4) is 5.75 Å². The predicted molar refractivity (Wildman–Crippen MR) is 84.0 cm³/mol. The van der Waals surface area contributed by atoms with Gasteiger partial charge in [-0.25, -0.2) is 17.6 Å². The van der Waals surface area contributed by atoms with Gasteiger partial charge in [0.2, 0.25) is 0 Å². The SMILES string of the molecule is Cc1cc(F)c(OCc2c(C)cc(I)c(F)c2F)c(F)c1C. The Hall–Kier alpha value is -1.31. The molecule has 118 valence electrons. The molecule has 0 saturated heterocycles. The van der Waals surface area contributed by atoms with Crippen LogP contribution in [0.2, 0.25) is 0 Å². The first-order valence-corrected chi connectivity index (χ1v) is 7.52. The molecule has 0 atom stereocenters. The largest absolute Gasteiger partial charge is 0.483 e. The van der Waals surface area contributed by atoms with E-state index in [0.717, 1.165) is 6.07 Å². The van der Waals surface area contributed by atoms with Gasteiger partial charge in [0.15, 0.2) is 29.0 Å². The van der Waals surface area contributed by atoms with Crippen LogP contribution in [0.3, 0.4) is 0 Å². The van der Waals surface area contributed by atoms with E-state index in [-0.39, 0.29) is 14.7 Å². The molecule has 0 bridgehead atoms. The Kier molecular flexibility index (Phi) is 4.99. The molecular formula is C16H13F4IO. The third-order valence-corrected chi connectivity index (χ3v) is 4.31. The van der Waals surface area contributed by atoms with Gasteiger partial charge in [-0.2, -0.15) is 0 Å². The molecule has 0 unspecified atom stereocenters. The molecule has 0 N–H and O–H groups in total. The summed E-state index contributed by atoms with van der Waals surface area (Å²) in [4.78, 5) is 0. The van der Waals surface area contributed by atoms with Gasteiger partial charge in [-0.1, -0.05) is 0 Å². The van der Waals surface area contributed by atoms with E-state index in [9.17, 15) is 17.6 Å². The van der Waals surface area contributed by atoms with E-state index in [4.69, 9.17) is 4.74 Å². The molecule has 0 aliphatic rings. The minimum Gasteiger partial charge on any atom is -0.483 e. The molecule has 1 nitrogen and oxygen atoms in total. The summed E-state index contributed by atoms with van der Waals surface area (Å²) >= 11 is 1.67. The topological polar surface area (TPSA) is 9.23 Å². The summed E-state index contributed by atoms with van der Waals surface area (Å²) in [5, 5.41) is 0. The van der Waals surface area contributed by atoms with E-state index in [1.54, 1.807) is 36.4 Å². The van der Waals surface area contributed by atoms with Crippen molar-refractivity contribution in [2.75, 3.05) is 0 Å². The van der Waals surface area contributed by atoms with Gasteiger partial charge in [-0.15, -0.1) is 0 Å². The standard InChI is InChI=1S/C16H13F4IO/c1-7-4-11(17)16(13(18)9(7)3)22-6-10-8(2)5-12(21)15(20)14(10)19/h4-5H,6H2,1-3H3. The molecule has 22 heavy (non-hydrogen) atoms. The molecule has 0 radical (unpaired) electrons. The smallest absolute Gasteiger partial charge is 0.191 e. The molecule has 0 fully saturated rings. The number of hydrogen-bond acceptors (Lipinski definition) is 1.